The minimum atomic E-state index is -1.44. The van der Waals surface area contributed by atoms with Gasteiger partial charge in [0.25, 0.3) is 0 Å². The molecule has 0 aliphatic carbocycles. The number of hydrogen-bond acceptors (Lipinski definition) is 4. The lowest BCUT2D eigenvalue weighted by atomic mass is 9.90. The summed E-state index contributed by atoms with van der Waals surface area (Å²) in [4.78, 5) is 25.0. The molecule has 0 aromatic heterocycles. The van der Waals surface area contributed by atoms with Crippen molar-refractivity contribution in [1.29, 1.82) is 0 Å². The first kappa shape index (κ1) is 19.2. The number of rotatable bonds is 6. The molecule has 0 atom stereocenters. The second-order valence-corrected chi connectivity index (χ2v) is 6.08. The largest absolute Gasteiger partial charge is 0.493 e. The summed E-state index contributed by atoms with van der Waals surface area (Å²) in [5.41, 5.74) is -0.973. The maximum atomic E-state index is 13.7. The molecule has 0 heterocycles. The predicted octanol–water partition coefficient (Wildman–Crippen LogP) is 3.45. The Morgan fingerprint density at radius 2 is 1.54 bits per heavy atom. The second-order valence-electron chi connectivity index (χ2n) is 6.08. The Bertz CT molecular complexity index is 821. The van der Waals surface area contributed by atoms with Gasteiger partial charge in [-0.25, -0.2) is 4.39 Å². The number of carbonyl (C=O) groups excluding carboxylic acids is 2. The maximum absolute atomic E-state index is 13.7. The van der Waals surface area contributed by atoms with Gasteiger partial charge in [0, 0.05) is 11.8 Å². The first-order valence-corrected chi connectivity index (χ1v) is 7.89. The van der Waals surface area contributed by atoms with Gasteiger partial charge in [-0.3, -0.25) is 9.59 Å². The molecule has 7 heteroatoms. The van der Waals surface area contributed by atoms with Crippen LogP contribution < -0.4 is 20.1 Å². The maximum Gasteiger partial charge on any atom is 0.239 e. The second kappa shape index (κ2) is 7.86. The van der Waals surface area contributed by atoms with Crippen LogP contribution >= 0.6 is 0 Å². The Balaban J connectivity index is 2.14. The van der Waals surface area contributed by atoms with Gasteiger partial charge in [-0.15, -0.1) is 0 Å². The van der Waals surface area contributed by atoms with Gasteiger partial charge in [0.15, 0.2) is 11.5 Å². The Hall–Kier alpha value is -3.09. The van der Waals surface area contributed by atoms with Crippen LogP contribution in [0.1, 0.15) is 13.8 Å². The number of carbonyl (C=O) groups is 2. The summed E-state index contributed by atoms with van der Waals surface area (Å²) < 4.78 is 24.0. The molecule has 2 aromatic carbocycles. The van der Waals surface area contributed by atoms with E-state index in [1.807, 2.05) is 0 Å². The van der Waals surface area contributed by atoms with Crippen LogP contribution in [0.25, 0.3) is 0 Å². The highest BCUT2D eigenvalue weighted by atomic mass is 19.1. The van der Waals surface area contributed by atoms with Gasteiger partial charge in [-0.1, -0.05) is 12.1 Å². The van der Waals surface area contributed by atoms with Crippen molar-refractivity contribution in [3.05, 3.63) is 48.3 Å². The summed E-state index contributed by atoms with van der Waals surface area (Å²) in [5, 5.41) is 5.10. The Kier molecular flexibility index (Phi) is 5.82. The normalized spacial score (nSPS) is 10.8. The van der Waals surface area contributed by atoms with E-state index in [-0.39, 0.29) is 5.69 Å². The zero-order valence-corrected chi connectivity index (χ0v) is 15.1. The molecular weight excluding hydrogens is 339 g/mol. The lowest BCUT2D eigenvalue weighted by Gasteiger charge is -2.23. The standard InChI is InChI=1S/C19H21FN2O4/c1-19(2,18(24)22-14-8-6-5-7-13(14)20)17(23)21-12-9-10-15(25-3)16(11-12)26-4/h5-11H,1-4H3,(H,21,23)(H,22,24). The first-order valence-electron chi connectivity index (χ1n) is 7.89. The van der Waals surface area contributed by atoms with E-state index in [4.69, 9.17) is 9.47 Å². The van der Waals surface area contributed by atoms with E-state index in [2.05, 4.69) is 10.6 Å². The highest BCUT2D eigenvalue weighted by Gasteiger charge is 2.36. The van der Waals surface area contributed by atoms with E-state index in [1.165, 1.54) is 46.3 Å². The fourth-order valence-corrected chi connectivity index (χ4v) is 2.15. The SMILES string of the molecule is COc1ccc(NC(=O)C(C)(C)C(=O)Nc2ccccc2F)cc1OC. The third kappa shape index (κ3) is 4.11. The third-order valence-corrected chi connectivity index (χ3v) is 3.90. The predicted molar refractivity (Wildman–Crippen MR) is 97.0 cm³/mol. The number of benzene rings is 2. The summed E-state index contributed by atoms with van der Waals surface area (Å²) >= 11 is 0. The number of amides is 2. The zero-order valence-electron chi connectivity index (χ0n) is 15.1. The molecule has 2 N–H and O–H groups in total. The van der Waals surface area contributed by atoms with Crippen molar-refractivity contribution in [2.45, 2.75) is 13.8 Å². The molecule has 6 nitrogen and oxygen atoms in total. The smallest absolute Gasteiger partial charge is 0.239 e. The molecule has 0 saturated heterocycles. The van der Waals surface area contributed by atoms with Gasteiger partial charge < -0.3 is 20.1 Å². The molecule has 0 unspecified atom stereocenters. The van der Waals surface area contributed by atoms with Crippen molar-refractivity contribution >= 4 is 23.2 Å². The number of nitrogens with one attached hydrogen (secondary N) is 2. The molecule has 0 saturated carbocycles. The molecule has 2 aromatic rings. The van der Waals surface area contributed by atoms with Gasteiger partial charge in [-0.2, -0.15) is 0 Å². The molecule has 2 amide bonds. The van der Waals surface area contributed by atoms with Gasteiger partial charge in [0.1, 0.15) is 11.2 Å². The van der Waals surface area contributed by atoms with Gasteiger partial charge in [-0.05, 0) is 38.1 Å². The minimum Gasteiger partial charge on any atom is -0.493 e. The van der Waals surface area contributed by atoms with Crippen molar-refractivity contribution in [2.75, 3.05) is 24.9 Å². The molecule has 0 aliphatic rings. The van der Waals surface area contributed by atoms with Crippen LogP contribution in [0.3, 0.4) is 0 Å². The van der Waals surface area contributed by atoms with Gasteiger partial charge in [0.05, 0.1) is 19.9 Å². The first-order chi connectivity index (χ1) is 12.3. The average molecular weight is 360 g/mol. The van der Waals surface area contributed by atoms with Crippen molar-refractivity contribution in [1.82, 2.24) is 0 Å². The molecule has 138 valence electrons. The van der Waals surface area contributed by atoms with Crippen LogP contribution in [0.2, 0.25) is 0 Å². The van der Waals surface area contributed by atoms with E-state index >= 15 is 0 Å². The minimum absolute atomic E-state index is 0.0180. The summed E-state index contributed by atoms with van der Waals surface area (Å²) in [6.07, 6.45) is 0. The highest BCUT2D eigenvalue weighted by molar-refractivity contribution is 6.14. The molecule has 0 fully saturated rings. The molecule has 0 bridgehead atoms. The number of anilines is 2. The number of ether oxygens (including phenoxy) is 2. The van der Waals surface area contributed by atoms with E-state index in [0.717, 1.165) is 0 Å². The lowest BCUT2D eigenvalue weighted by Crippen LogP contribution is -2.41. The van der Waals surface area contributed by atoms with E-state index < -0.39 is 23.0 Å². The van der Waals surface area contributed by atoms with Crippen LogP contribution in [0, 0.1) is 11.2 Å². The topological polar surface area (TPSA) is 76.7 Å². The number of methoxy groups -OCH3 is 2. The van der Waals surface area contributed by atoms with Gasteiger partial charge >= 0.3 is 0 Å². The molecule has 0 radical (unpaired) electrons. The van der Waals surface area contributed by atoms with Crippen LogP contribution in [0.5, 0.6) is 11.5 Å². The van der Waals surface area contributed by atoms with E-state index in [1.54, 1.807) is 24.3 Å². The molecule has 2 rings (SSSR count). The van der Waals surface area contributed by atoms with Crippen LogP contribution in [-0.2, 0) is 9.59 Å². The quantitative estimate of drug-likeness (QED) is 0.774. The fraction of sp³-hybridized carbons (Fsp3) is 0.263. The Morgan fingerprint density at radius 3 is 2.15 bits per heavy atom. The number of halogens is 1. The number of hydrogen-bond donors (Lipinski definition) is 2. The third-order valence-electron chi connectivity index (χ3n) is 3.90. The highest BCUT2D eigenvalue weighted by Crippen LogP contribution is 2.31. The fourth-order valence-electron chi connectivity index (χ4n) is 2.15. The average Bonchev–Trinajstić information content (AvgIpc) is 2.63. The van der Waals surface area contributed by atoms with Crippen molar-refractivity contribution in [3.8, 4) is 11.5 Å². The summed E-state index contributed by atoms with van der Waals surface area (Å²) in [6.45, 7) is 2.92. The van der Waals surface area contributed by atoms with Crippen molar-refractivity contribution in [2.24, 2.45) is 5.41 Å². The van der Waals surface area contributed by atoms with Crippen LogP contribution in [0.15, 0.2) is 42.5 Å². The van der Waals surface area contributed by atoms with Crippen LogP contribution in [0.4, 0.5) is 15.8 Å². The Labute approximate surface area is 151 Å². The zero-order chi connectivity index (χ0) is 19.3. The van der Waals surface area contributed by atoms with Gasteiger partial charge in [0.2, 0.25) is 11.8 Å². The molecule has 26 heavy (non-hydrogen) atoms. The lowest BCUT2D eigenvalue weighted by molar-refractivity contribution is -0.135. The molecular formula is C19H21FN2O4. The molecule has 0 spiro atoms. The van der Waals surface area contributed by atoms with E-state index in [9.17, 15) is 14.0 Å². The monoisotopic (exact) mass is 360 g/mol. The van der Waals surface area contributed by atoms with E-state index in [0.29, 0.717) is 17.2 Å². The van der Waals surface area contributed by atoms with Crippen LogP contribution in [-0.4, -0.2) is 26.0 Å². The Morgan fingerprint density at radius 1 is 0.923 bits per heavy atom. The van der Waals surface area contributed by atoms with Crippen molar-refractivity contribution in [3.63, 3.8) is 0 Å². The number of para-hydroxylation sites is 1. The summed E-state index contributed by atoms with van der Waals surface area (Å²) in [6, 6.07) is 10.6. The summed E-state index contributed by atoms with van der Waals surface area (Å²) in [7, 11) is 2.99. The molecule has 0 aliphatic heterocycles. The van der Waals surface area contributed by atoms with Crippen molar-refractivity contribution < 1.29 is 23.5 Å². The summed E-state index contributed by atoms with van der Waals surface area (Å²) in [5.74, 6) is -0.781.